The van der Waals surface area contributed by atoms with Gasteiger partial charge in [-0.2, -0.15) is 0 Å². The van der Waals surface area contributed by atoms with E-state index in [1.807, 2.05) is 37.3 Å². The Kier molecular flexibility index (Phi) is 3.87. The highest BCUT2D eigenvalue weighted by atomic mass is 16.5. The van der Waals surface area contributed by atoms with Crippen molar-refractivity contribution >= 4 is 0 Å². The summed E-state index contributed by atoms with van der Waals surface area (Å²) in [6, 6.07) is 9.27. The normalized spacial score (nSPS) is 11.2. The number of ether oxygens (including phenoxy) is 1. The van der Waals surface area contributed by atoms with E-state index in [-0.39, 0.29) is 0 Å². The zero-order valence-corrected chi connectivity index (χ0v) is 7.53. The highest BCUT2D eigenvalue weighted by Crippen LogP contribution is 2.09. The zero-order chi connectivity index (χ0) is 9.52. The Hall–Kier alpha value is -1.46. The van der Waals surface area contributed by atoms with Gasteiger partial charge in [-0.25, -0.2) is 0 Å². The maximum Gasteiger partial charge on any atom is 0.143 e. The van der Waals surface area contributed by atoms with Gasteiger partial charge in [0.1, 0.15) is 12.2 Å². The first-order valence-corrected chi connectivity index (χ1v) is 4.20. The average Bonchev–Trinajstić information content (AvgIpc) is 2.19. The molecule has 1 aromatic carbocycles. The van der Waals surface area contributed by atoms with Crippen molar-refractivity contribution in [2.24, 2.45) is 0 Å². The highest BCUT2D eigenvalue weighted by Gasteiger charge is 2.00. The lowest BCUT2D eigenvalue weighted by atomic mass is 10.1. The maximum atomic E-state index is 9.49. The number of aliphatic hydroxyl groups excluding tert-OH is 1. The minimum atomic E-state index is -0.757. The zero-order valence-electron chi connectivity index (χ0n) is 7.53. The summed E-state index contributed by atoms with van der Waals surface area (Å²) in [6.45, 7) is 2.39. The van der Waals surface area contributed by atoms with E-state index < -0.39 is 6.10 Å². The molecule has 1 rings (SSSR count). The molecular weight excluding hydrogens is 164 g/mol. The summed E-state index contributed by atoms with van der Waals surface area (Å²) in [5.41, 5.74) is 0.787. The molecule has 13 heavy (non-hydrogen) atoms. The third-order valence-corrected chi connectivity index (χ3v) is 1.53. The van der Waals surface area contributed by atoms with Crippen molar-refractivity contribution in [1.29, 1.82) is 0 Å². The van der Waals surface area contributed by atoms with Crippen molar-refractivity contribution in [1.82, 2.24) is 0 Å². The monoisotopic (exact) mass is 176 g/mol. The average molecular weight is 176 g/mol. The smallest absolute Gasteiger partial charge is 0.143 e. The lowest BCUT2D eigenvalue weighted by molar-refractivity contribution is 0.233. The molecule has 1 N–H and O–H groups in total. The van der Waals surface area contributed by atoms with E-state index in [2.05, 4.69) is 12.0 Å². The summed E-state index contributed by atoms with van der Waals surface area (Å²) in [5.74, 6) is 2.58. The molecule has 0 fully saturated rings. The van der Waals surface area contributed by atoms with Gasteiger partial charge >= 0.3 is 0 Å². The first-order chi connectivity index (χ1) is 6.34. The Morgan fingerprint density at radius 2 is 2.08 bits per heavy atom. The fourth-order valence-corrected chi connectivity index (χ4v) is 0.888. The molecule has 2 heteroatoms. The van der Waals surface area contributed by atoms with Crippen LogP contribution in [-0.4, -0.2) is 11.7 Å². The molecule has 0 aromatic heterocycles. The molecule has 1 atom stereocenters. The second kappa shape index (κ2) is 5.23. The Balaban J connectivity index is 2.60. The van der Waals surface area contributed by atoms with Crippen LogP contribution in [-0.2, 0) is 4.74 Å². The summed E-state index contributed by atoms with van der Waals surface area (Å²) < 4.78 is 4.80. The Morgan fingerprint density at radius 3 is 2.69 bits per heavy atom. The fraction of sp³-hybridized carbons (Fsp3) is 0.273. The van der Waals surface area contributed by atoms with Crippen LogP contribution < -0.4 is 0 Å². The molecule has 0 spiro atoms. The highest BCUT2D eigenvalue weighted by molar-refractivity contribution is 5.23. The first kappa shape index (κ1) is 9.63. The third kappa shape index (κ3) is 3.18. The molecule has 0 aliphatic carbocycles. The molecule has 0 bridgehead atoms. The molecule has 0 aliphatic heterocycles. The summed E-state index contributed by atoms with van der Waals surface area (Å²) in [4.78, 5) is 0. The SMILES string of the molecule is CCOC#CC(O)c1ccccc1. The lowest BCUT2D eigenvalue weighted by Gasteiger charge is -2.01. The van der Waals surface area contributed by atoms with Gasteiger partial charge in [0.25, 0.3) is 0 Å². The number of hydrogen-bond donors (Lipinski definition) is 1. The molecule has 0 radical (unpaired) electrons. The standard InChI is InChI=1S/C11H12O2/c1-2-13-9-8-11(12)10-6-4-3-5-7-10/h3-7,11-12H,2H2,1H3. The molecule has 1 aromatic rings. The van der Waals surface area contributed by atoms with Gasteiger partial charge in [-0.15, -0.1) is 0 Å². The Morgan fingerprint density at radius 1 is 1.38 bits per heavy atom. The second-order valence-electron chi connectivity index (χ2n) is 2.49. The molecule has 0 saturated carbocycles. The van der Waals surface area contributed by atoms with Gasteiger partial charge in [-0.3, -0.25) is 0 Å². The summed E-state index contributed by atoms with van der Waals surface area (Å²) in [7, 11) is 0. The van der Waals surface area contributed by atoms with Crippen LogP contribution >= 0.6 is 0 Å². The number of hydrogen-bond acceptors (Lipinski definition) is 2. The lowest BCUT2D eigenvalue weighted by Crippen LogP contribution is -1.93. The van der Waals surface area contributed by atoms with Crippen LogP contribution in [0.3, 0.4) is 0 Å². The van der Waals surface area contributed by atoms with Crippen LogP contribution in [0.2, 0.25) is 0 Å². The van der Waals surface area contributed by atoms with Crippen LogP contribution in [0, 0.1) is 12.0 Å². The molecule has 2 nitrogen and oxygen atoms in total. The first-order valence-electron chi connectivity index (χ1n) is 4.20. The topological polar surface area (TPSA) is 29.5 Å². The van der Waals surface area contributed by atoms with E-state index in [9.17, 15) is 5.11 Å². The molecule has 0 amide bonds. The van der Waals surface area contributed by atoms with Crippen molar-refractivity contribution in [2.45, 2.75) is 13.0 Å². The van der Waals surface area contributed by atoms with Gasteiger partial charge in [-0.1, -0.05) is 30.3 Å². The van der Waals surface area contributed by atoms with Crippen LogP contribution in [0.5, 0.6) is 0 Å². The maximum absolute atomic E-state index is 9.49. The largest absolute Gasteiger partial charge is 0.447 e. The van der Waals surface area contributed by atoms with Crippen molar-refractivity contribution in [2.75, 3.05) is 6.61 Å². The predicted molar refractivity (Wildman–Crippen MR) is 50.8 cm³/mol. The van der Waals surface area contributed by atoms with E-state index in [0.717, 1.165) is 5.56 Å². The third-order valence-electron chi connectivity index (χ3n) is 1.53. The van der Waals surface area contributed by atoms with Crippen LogP contribution in [0.25, 0.3) is 0 Å². The van der Waals surface area contributed by atoms with E-state index >= 15 is 0 Å². The van der Waals surface area contributed by atoms with Crippen molar-refractivity contribution < 1.29 is 9.84 Å². The van der Waals surface area contributed by atoms with Gasteiger partial charge in [0, 0.05) is 0 Å². The summed E-state index contributed by atoms with van der Waals surface area (Å²) in [6.07, 6.45) is 1.68. The van der Waals surface area contributed by atoms with E-state index in [1.54, 1.807) is 0 Å². The number of rotatable bonds is 2. The van der Waals surface area contributed by atoms with Gasteiger partial charge in [0.05, 0.1) is 6.61 Å². The van der Waals surface area contributed by atoms with Crippen molar-refractivity contribution in [3.8, 4) is 12.0 Å². The van der Waals surface area contributed by atoms with Crippen LogP contribution in [0.4, 0.5) is 0 Å². The fourth-order valence-electron chi connectivity index (χ4n) is 0.888. The van der Waals surface area contributed by atoms with Gasteiger partial charge < -0.3 is 9.84 Å². The van der Waals surface area contributed by atoms with Gasteiger partial charge in [-0.05, 0) is 18.4 Å². The molecular formula is C11H12O2. The van der Waals surface area contributed by atoms with E-state index in [0.29, 0.717) is 6.61 Å². The number of benzene rings is 1. The Bertz CT molecular complexity index is 295. The van der Waals surface area contributed by atoms with Crippen molar-refractivity contribution in [3.05, 3.63) is 35.9 Å². The Labute approximate surface area is 78.2 Å². The van der Waals surface area contributed by atoms with Gasteiger partial charge in [0.2, 0.25) is 0 Å². The minimum Gasteiger partial charge on any atom is -0.447 e. The van der Waals surface area contributed by atoms with Crippen LogP contribution in [0.1, 0.15) is 18.6 Å². The molecule has 1 unspecified atom stereocenters. The molecule has 0 heterocycles. The number of aliphatic hydroxyl groups is 1. The van der Waals surface area contributed by atoms with Crippen molar-refractivity contribution in [3.63, 3.8) is 0 Å². The second-order valence-corrected chi connectivity index (χ2v) is 2.49. The predicted octanol–water partition coefficient (Wildman–Crippen LogP) is 1.72. The van der Waals surface area contributed by atoms with E-state index in [1.165, 1.54) is 0 Å². The summed E-state index contributed by atoms with van der Waals surface area (Å²) in [5, 5.41) is 9.49. The van der Waals surface area contributed by atoms with Crippen LogP contribution in [0.15, 0.2) is 30.3 Å². The molecule has 0 aliphatic rings. The molecule has 0 saturated heterocycles. The molecule has 68 valence electrons. The minimum absolute atomic E-state index is 0.536. The van der Waals surface area contributed by atoms with E-state index in [4.69, 9.17) is 4.74 Å². The van der Waals surface area contributed by atoms with Gasteiger partial charge in [0.15, 0.2) is 0 Å². The quantitative estimate of drug-likeness (QED) is 0.695. The summed E-state index contributed by atoms with van der Waals surface area (Å²) >= 11 is 0.